The molecule has 0 aliphatic rings. The Morgan fingerprint density at radius 3 is 2.56 bits per heavy atom. The molecule has 0 aliphatic heterocycles. The number of hydrogen-bond acceptors (Lipinski definition) is 2. The fourth-order valence-electron chi connectivity index (χ4n) is 1.67. The van der Waals surface area contributed by atoms with Gasteiger partial charge in [-0.15, -0.1) is 0 Å². The summed E-state index contributed by atoms with van der Waals surface area (Å²) in [5, 5.41) is 1.20. The Hall–Kier alpha value is -1.22. The van der Waals surface area contributed by atoms with E-state index in [0.717, 1.165) is 12.0 Å². The fraction of sp³-hybridized carbons (Fsp3) is 0.143. The Morgan fingerprint density at radius 1 is 1.06 bits per heavy atom. The average Bonchev–Trinajstić information content (AvgIpc) is 2.34. The van der Waals surface area contributed by atoms with E-state index in [9.17, 15) is 0 Å². The topological polar surface area (TPSA) is 35.2 Å². The first-order valence-electron chi connectivity index (χ1n) is 5.61. The van der Waals surface area contributed by atoms with Gasteiger partial charge in [0.1, 0.15) is 11.5 Å². The first-order valence-corrected chi connectivity index (χ1v) is 6.37. The first-order chi connectivity index (χ1) is 8.70. The quantitative estimate of drug-likeness (QED) is 0.908. The molecule has 2 aromatic carbocycles. The van der Waals surface area contributed by atoms with Crippen LogP contribution in [0.2, 0.25) is 10.0 Å². The third-order valence-corrected chi connectivity index (χ3v) is 3.01. The molecule has 0 amide bonds. The highest BCUT2D eigenvalue weighted by Gasteiger charge is 2.09. The van der Waals surface area contributed by atoms with E-state index in [1.165, 1.54) is 0 Å². The van der Waals surface area contributed by atoms with Crippen LogP contribution in [0.4, 0.5) is 0 Å². The Bertz CT molecular complexity index is 543. The number of nitrogens with two attached hydrogens (primary N) is 1. The normalized spacial score (nSPS) is 10.4. The number of halogens is 2. The second kappa shape index (κ2) is 6.10. The zero-order valence-corrected chi connectivity index (χ0v) is 11.2. The van der Waals surface area contributed by atoms with E-state index in [0.29, 0.717) is 28.1 Å². The summed E-state index contributed by atoms with van der Waals surface area (Å²) >= 11 is 12.1. The van der Waals surface area contributed by atoms with Crippen LogP contribution in [0.25, 0.3) is 0 Å². The molecule has 2 N–H and O–H groups in total. The van der Waals surface area contributed by atoms with Crippen molar-refractivity contribution in [1.29, 1.82) is 0 Å². The number of para-hydroxylation sites is 1. The minimum atomic E-state index is 0.548. The van der Waals surface area contributed by atoms with Gasteiger partial charge in [-0.25, -0.2) is 0 Å². The molecule has 0 spiro atoms. The van der Waals surface area contributed by atoms with Gasteiger partial charge < -0.3 is 10.5 Å². The lowest BCUT2D eigenvalue weighted by Gasteiger charge is -2.12. The molecule has 2 rings (SSSR count). The smallest absolute Gasteiger partial charge is 0.149 e. The minimum absolute atomic E-state index is 0.548. The largest absolute Gasteiger partial charge is 0.455 e. The van der Waals surface area contributed by atoms with Crippen LogP contribution < -0.4 is 10.5 Å². The van der Waals surface area contributed by atoms with Gasteiger partial charge in [0.25, 0.3) is 0 Å². The zero-order valence-electron chi connectivity index (χ0n) is 9.70. The van der Waals surface area contributed by atoms with Gasteiger partial charge in [0.15, 0.2) is 0 Å². The summed E-state index contributed by atoms with van der Waals surface area (Å²) in [5.41, 5.74) is 6.57. The lowest BCUT2D eigenvalue weighted by Crippen LogP contribution is -2.04. The molecule has 2 aromatic rings. The molecule has 0 heterocycles. The van der Waals surface area contributed by atoms with Crippen molar-refractivity contribution < 1.29 is 4.74 Å². The van der Waals surface area contributed by atoms with Gasteiger partial charge in [0, 0.05) is 5.02 Å². The van der Waals surface area contributed by atoms with Crippen molar-refractivity contribution in [1.82, 2.24) is 0 Å². The van der Waals surface area contributed by atoms with E-state index in [4.69, 9.17) is 33.7 Å². The number of rotatable bonds is 4. The highest BCUT2D eigenvalue weighted by Crippen LogP contribution is 2.33. The van der Waals surface area contributed by atoms with Crippen molar-refractivity contribution in [3.8, 4) is 11.5 Å². The Labute approximate surface area is 116 Å². The molecular formula is C14H13Cl2NO. The summed E-state index contributed by atoms with van der Waals surface area (Å²) in [7, 11) is 0. The molecule has 94 valence electrons. The maximum atomic E-state index is 6.16. The van der Waals surface area contributed by atoms with E-state index in [-0.39, 0.29) is 0 Å². The van der Waals surface area contributed by atoms with Gasteiger partial charge in [-0.05, 0) is 42.8 Å². The minimum Gasteiger partial charge on any atom is -0.455 e. The van der Waals surface area contributed by atoms with E-state index in [1.807, 2.05) is 24.3 Å². The molecule has 0 radical (unpaired) electrons. The molecule has 0 saturated carbocycles. The number of benzene rings is 2. The van der Waals surface area contributed by atoms with E-state index in [2.05, 4.69) is 0 Å². The molecule has 18 heavy (non-hydrogen) atoms. The maximum absolute atomic E-state index is 6.16. The van der Waals surface area contributed by atoms with Crippen LogP contribution in [0, 0.1) is 0 Å². The molecule has 0 unspecified atom stereocenters. The van der Waals surface area contributed by atoms with Gasteiger partial charge in [0.05, 0.1) is 5.02 Å². The van der Waals surface area contributed by atoms with Crippen LogP contribution >= 0.6 is 23.2 Å². The van der Waals surface area contributed by atoms with Crippen LogP contribution in [0.3, 0.4) is 0 Å². The van der Waals surface area contributed by atoms with E-state index >= 15 is 0 Å². The highest BCUT2D eigenvalue weighted by atomic mass is 35.5. The Morgan fingerprint density at radius 2 is 1.83 bits per heavy atom. The first kappa shape index (κ1) is 13.2. The fourth-order valence-corrected chi connectivity index (χ4v) is 2.08. The maximum Gasteiger partial charge on any atom is 0.149 e. The van der Waals surface area contributed by atoms with Crippen LogP contribution in [0.15, 0.2) is 42.5 Å². The van der Waals surface area contributed by atoms with Crippen LogP contribution in [-0.4, -0.2) is 6.54 Å². The van der Waals surface area contributed by atoms with Gasteiger partial charge in [-0.3, -0.25) is 0 Å². The molecule has 0 aromatic heterocycles. The molecule has 0 fully saturated rings. The Kier molecular flexibility index (Phi) is 4.48. The van der Waals surface area contributed by atoms with Crippen LogP contribution in [-0.2, 0) is 6.42 Å². The van der Waals surface area contributed by atoms with Gasteiger partial charge >= 0.3 is 0 Å². The molecule has 0 saturated heterocycles. The third kappa shape index (κ3) is 3.16. The number of ether oxygens (including phenoxy) is 1. The molecule has 0 aliphatic carbocycles. The lowest BCUT2D eigenvalue weighted by molar-refractivity contribution is 0.476. The van der Waals surface area contributed by atoms with Crippen LogP contribution in [0.1, 0.15) is 5.56 Å². The Balaban J connectivity index is 2.33. The van der Waals surface area contributed by atoms with Gasteiger partial charge in [-0.1, -0.05) is 41.4 Å². The van der Waals surface area contributed by atoms with Crippen molar-refractivity contribution in [3.05, 3.63) is 58.1 Å². The molecular weight excluding hydrogens is 269 g/mol. The summed E-state index contributed by atoms with van der Waals surface area (Å²) in [4.78, 5) is 0. The van der Waals surface area contributed by atoms with Crippen molar-refractivity contribution in [2.45, 2.75) is 6.42 Å². The van der Waals surface area contributed by atoms with Crippen molar-refractivity contribution in [3.63, 3.8) is 0 Å². The van der Waals surface area contributed by atoms with E-state index < -0.39 is 0 Å². The summed E-state index contributed by atoms with van der Waals surface area (Å²) in [6.45, 7) is 0.548. The lowest BCUT2D eigenvalue weighted by atomic mass is 10.1. The molecule has 0 atom stereocenters. The number of hydrogen-bond donors (Lipinski definition) is 1. The van der Waals surface area contributed by atoms with Gasteiger partial charge in [-0.2, -0.15) is 0 Å². The van der Waals surface area contributed by atoms with Crippen molar-refractivity contribution in [2.75, 3.05) is 6.54 Å². The predicted octanol–water partition coefficient (Wildman–Crippen LogP) is 4.29. The van der Waals surface area contributed by atoms with E-state index in [1.54, 1.807) is 18.2 Å². The van der Waals surface area contributed by atoms with Crippen molar-refractivity contribution in [2.24, 2.45) is 5.73 Å². The summed E-state index contributed by atoms with van der Waals surface area (Å²) < 4.78 is 5.80. The van der Waals surface area contributed by atoms with Crippen LogP contribution in [0.5, 0.6) is 11.5 Å². The average molecular weight is 282 g/mol. The van der Waals surface area contributed by atoms with Crippen molar-refractivity contribution >= 4 is 23.2 Å². The van der Waals surface area contributed by atoms with Gasteiger partial charge in [0.2, 0.25) is 0 Å². The zero-order chi connectivity index (χ0) is 13.0. The highest BCUT2D eigenvalue weighted by molar-refractivity contribution is 6.32. The second-order valence-corrected chi connectivity index (χ2v) is 4.67. The third-order valence-electron chi connectivity index (χ3n) is 2.48. The summed E-state index contributed by atoms with van der Waals surface area (Å²) in [6, 6.07) is 12.8. The monoisotopic (exact) mass is 281 g/mol. The summed E-state index contributed by atoms with van der Waals surface area (Å²) in [5.74, 6) is 1.31. The SMILES string of the molecule is NCCc1cccc(Cl)c1Oc1cccc(Cl)c1. The molecule has 0 bridgehead atoms. The molecule has 2 nitrogen and oxygen atoms in total. The second-order valence-electron chi connectivity index (χ2n) is 3.83. The predicted molar refractivity (Wildman–Crippen MR) is 75.7 cm³/mol. The standard InChI is InChI=1S/C14H13Cl2NO/c15-11-4-2-5-12(9-11)18-14-10(7-8-17)3-1-6-13(14)16/h1-6,9H,7-8,17H2. The molecule has 4 heteroatoms. The summed E-state index contributed by atoms with van der Waals surface area (Å²) in [6.07, 6.45) is 0.719.